The maximum Gasteiger partial charge on any atom is -0.0282 e. The Morgan fingerprint density at radius 3 is 2.50 bits per heavy atom. The van der Waals surface area contributed by atoms with Gasteiger partial charge in [-0.3, -0.25) is 0 Å². The summed E-state index contributed by atoms with van der Waals surface area (Å²) in [6.45, 7) is 8.15. The van der Waals surface area contributed by atoms with Crippen molar-refractivity contribution in [2.75, 3.05) is 0 Å². The highest BCUT2D eigenvalue weighted by atomic mass is 13.9. The van der Waals surface area contributed by atoms with Crippen LogP contribution in [0.3, 0.4) is 0 Å². The van der Waals surface area contributed by atoms with E-state index in [9.17, 15) is 0 Å². The first-order valence-corrected chi connectivity index (χ1v) is 4.83. The lowest BCUT2D eigenvalue weighted by Crippen LogP contribution is -1.74. The average molecular weight is 164 g/mol. The van der Waals surface area contributed by atoms with E-state index in [-0.39, 0.29) is 0 Å². The fourth-order valence-electron chi connectivity index (χ4n) is 0.997. The standard InChI is InChI=1S/C12H20/c1-4-7-8-9-11-12(6-3)10-5-2/h6,8-9,11H,3-5,7,10H2,1-2H3/b9-8-,12-11+. The van der Waals surface area contributed by atoms with Crippen LogP contribution in [0.25, 0.3) is 0 Å². The van der Waals surface area contributed by atoms with Gasteiger partial charge >= 0.3 is 0 Å². The van der Waals surface area contributed by atoms with Gasteiger partial charge in [-0.1, -0.05) is 57.6 Å². The quantitative estimate of drug-likeness (QED) is 0.515. The lowest BCUT2D eigenvalue weighted by molar-refractivity contribution is 0.926. The second kappa shape index (κ2) is 8.32. The van der Waals surface area contributed by atoms with Crippen molar-refractivity contribution in [3.63, 3.8) is 0 Å². The summed E-state index contributed by atoms with van der Waals surface area (Å²) in [5.41, 5.74) is 1.34. The van der Waals surface area contributed by atoms with Crippen molar-refractivity contribution in [1.82, 2.24) is 0 Å². The molecule has 0 aromatic heterocycles. The third-order valence-electron chi connectivity index (χ3n) is 1.70. The van der Waals surface area contributed by atoms with Gasteiger partial charge in [0.2, 0.25) is 0 Å². The van der Waals surface area contributed by atoms with Crippen LogP contribution in [0.4, 0.5) is 0 Å². The molecule has 0 nitrogen and oxygen atoms in total. The molecule has 0 aliphatic carbocycles. The molecule has 0 aliphatic rings. The van der Waals surface area contributed by atoms with Gasteiger partial charge in [0.15, 0.2) is 0 Å². The van der Waals surface area contributed by atoms with Gasteiger partial charge in [-0.05, 0) is 18.4 Å². The average Bonchev–Trinajstić information content (AvgIpc) is 2.10. The van der Waals surface area contributed by atoms with Crippen molar-refractivity contribution in [2.45, 2.75) is 39.5 Å². The molecular formula is C12H20. The summed E-state index contributed by atoms with van der Waals surface area (Å²) < 4.78 is 0. The number of hydrogen-bond acceptors (Lipinski definition) is 0. The Kier molecular flexibility index (Phi) is 7.78. The number of allylic oxidation sites excluding steroid dienone is 5. The van der Waals surface area contributed by atoms with E-state index >= 15 is 0 Å². The van der Waals surface area contributed by atoms with E-state index in [1.807, 2.05) is 6.08 Å². The molecule has 68 valence electrons. The molecule has 0 bridgehead atoms. The number of unbranched alkanes of at least 4 members (excludes halogenated alkanes) is 1. The Morgan fingerprint density at radius 2 is 2.00 bits per heavy atom. The van der Waals surface area contributed by atoms with Crippen molar-refractivity contribution < 1.29 is 0 Å². The predicted octanol–water partition coefficient (Wildman–Crippen LogP) is 4.26. The summed E-state index contributed by atoms with van der Waals surface area (Å²) in [5.74, 6) is 0. The third-order valence-corrected chi connectivity index (χ3v) is 1.70. The lowest BCUT2D eigenvalue weighted by Gasteiger charge is -1.94. The summed E-state index contributed by atoms with van der Waals surface area (Å²) in [5, 5.41) is 0. The topological polar surface area (TPSA) is 0 Å². The van der Waals surface area contributed by atoms with Crippen LogP contribution in [0, 0.1) is 0 Å². The van der Waals surface area contributed by atoms with Gasteiger partial charge in [-0.25, -0.2) is 0 Å². The molecule has 0 fully saturated rings. The molecule has 12 heavy (non-hydrogen) atoms. The normalized spacial score (nSPS) is 12.3. The molecule has 0 spiro atoms. The van der Waals surface area contributed by atoms with Gasteiger partial charge in [0.05, 0.1) is 0 Å². The molecule has 0 heteroatoms. The number of hydrogen-bond donors (Lipinski definition) is 0. The first-order chi connectivity index (χ1) is 5.85. The van der Waals surface area contributed by atoms with E-state index < -0.39 is 0 Å². The van der Waals surface area contributed by atoms with Gasteiger partial charge in [0, 0.05) is 0 Å². The first kappa shape index (κ1) is 11.2. The Morgan fingerprint density at radius 1 is 1.25 bits per heavy atom. The molecule has 0 saturated heterocycles. The van der Waals surface area contributed by atoms with Gasteiger partial charge in [-0.15, -0.1) is 0 Å². The van der Waals surface area contributed by atoms with Gasteiger partial charge in [-0.2, -0.15) is 0 Å². The van der Waals surface area contributed by atoms with E-state index in [0.29, 0.717) is 0 Å². The second-order valence-electron chi connectivity index (χ2n) is 2.91. The van der Waals surface area contributed by atoms with Crippen molar-refractivity contribution in [1.29, 1.82) is 0 Å². The highest BCUT2D eigenvalue weighted by Crippen LogP contribution is 2.05. The molecule has 0 atom stereocenters. The van der Waals surface area contributed by atoms with Crippen molar-refractivity contribution >= 4 is 0 Å². The highest BCUT2D eigenvalue weighted by molar-refractivity contribution is 5.21. The highest BCUT2D eigenvalue weighted by Gasteiger charge is 1.85. The molecule has 0 saturated carbocycles. The van der Waals surface area contributed by atoms with Crippen LogP contribution in [0.2, 0.25) is 0 Å². The zero-order valence-corrected chi connectivity index (χ0v) is 8.34. The molecule has 0 aliphatic heterocycles. The van der Waals surface area contributed by atoms with E-state index in [4.69, 9.17) is 0 Å². The zero-order valence-electron chi connectivity index (χ0n) is 8.34. The van der Waals surface area contributed by atoms with Crippen molar-refractivity contribution in [2.24, 2.45) is 0 Å². The van der Waals surface area contributed by atoms with Crippen LogP contribution >= 0.6 is 0 Å². The van der Waals surface area contributed by atoms with Gasteiger partial charge in [0.25, 0.3) is 0 Å². The minimum atomic E-state index is 1.14. The van der Waals surface area contributed by atoms with Gasteiger partial charge < -0.3 is 0 Å². The summed E-state index contributed by atoms with van der Waals surface area (Å²) in [6.07, 6.45) is 13.2. The van der Waals surface area contributed by atoms with Crippen LogP contribution in [0.15, 0.2) is 36.5 Å². The van der Waals surface area contributed by atoms with Crippen LogP contribution in [-0.4, -0.2) is 0 Å². The van der Waals surface area contributed by atoms with E-state index in [0.717, 1.165) is 6.42 Å². The monoisotopic (exact) mass is 164 g/mol. The molecular weight excluding hydrogens is 144 g/mol. The predicted molar refractivity (Wildman–Crippen MR) is 57.2 cm³/mol. The molecule has 0 N–H and O–H groups in total. The largest absolute Gasteiger partial charge is 0.0988 e. The summed E-state index contributed by atoms with van der Waals surface area (Å²) in [6, 6.07) is 0. The Bertz CT molecular complexity index is 161. The fourth-order valence-corrected chi connectivity index (χ4v) is 0.997. The van der Waals surface area contributed by atoms with Crippen LogP contribution in [-0.2, 0) is 0 Å². The van der Waals surface area contributed by atoms with Crippen LogP contribution in [0.5, 0.6) is 0 Å². The van der Waals surface area contributed by atoms with E-state index in [2.05, 4.69) is 38.7 Å². The Hall–Kier alpha value is -0.780. The minimum Gasteiger partial charge on any atom is -0.0988 e. The van der Waals surface area contributed by atoms with Crippen LogP contribution < -0.4 is 0 Å². The Labute approximate surface area is 76.7 Å². The molecule has 0 unspecified atom stereocenters. The zero-order chi connectivity index (χ0) is 9.23. The van der Waals surface area contributed by atoms with E-state index in [1.165, 1.54) is 24.8 Å². The van der Waals surface area contributed by atoms with Crippen LogP contribution in [0.1, 0.15) is 39.5 Å². The molecule has 0 aromatic carbocycles. The molecule has 0 amide bonds. The second-order valence-corrected chi connectivity index (χ2v) is 2.91. The Balaban J connectivity index is 3.83. The number of rotatable bonds is 6. The van der Waals surface area contributed by atoms with Crippen molar-refractivity contribution in [3.05, 3.63) is 36.5 Å². The third kappa shape index (κ3) is 5.96. The summed E-state index contributed by atoms with van der Waals surface area (Å²) in [7, 11) is 0. The smallest absolute Gasteiger partial charge is 0.0282 e. The summed E-state index contributed by atoms with van der Waals surface area (Å²) in [4.78, 5) is 0. The van der Waals surface area contributed by atoms with Crippen molar-refractivity contribution in [3.8, 4) is 0 Å². The lowest BCUT2D eigenvalue weighted by atomic mass is 10.1. The maximum atomic E-state index is 3.78. The molecule has 0 heterocycles. The molecule has 0 radical (unpaired) electrons. The van der Waals surface area contributed by atoms with E-state index in [1.54, 1.807) is 0 Å². The SMILES string of the molecule is C=C/C(=C\C=C/CCC)CCC. The minimum absolute atomic E-state index is 1.14. The first-order valence-electron chi connectivity index (χ1n) is 4.83. The fraction of sp³-hybridized carbons (Fsp3) is 0.500. The summed E-state index contributed by atoms with van der Waals surface area (Å²) >= 11 is 0. The maximum absolute atomic E-state index is 3.78. The molecule has 0 rings (SSSR count). The molecule has 0 aromatic rings. The van der Waals surface area contributed by atoms with Gasteiger partial charge in [0.1, 0.15) is 0 Å².